The van der Waals surface area contributed by atoms with Crippen LogP contribution in [0.3, 0.4) is 0 Å². The summed E-state index contributed by atoms with van der Waals surface area (Å²) in [4.78, 5) is 4.33. The van der Waals surface area contributed by atoms with Gasteiger partial charge < -0.3 is 10.6 Å². The van der Waals surface area contributed by atoms with Gasteiger partial charge >= 0.3 is 0 Å². The van der Waals surface area contributed by atoms with E-state index in [2.05, 4.69) is 16.7 Å². The molecule has 0 spiro atoms. The summed E-state index contributed by atoms with van der Waals surface area (Å²) in [5.41, 5.74) is 5.57. The second kappa shape index (κ2) is 7.19. The van der Waals surface area contributed by atoms with Gasteiger partial charge in [0, 0.05) is 35.4 Å². The maximum atomic E-state index is 12.3. The second-order valence-electron chi connectivity index (χ2n) is 5.65. The quantitative estimate of drug-likeness (QED) is 0.797. The van der Waals surface area contributed by atoms with Crippen LogP contribution in [0.4, 0.5) is 0 Å². The van der Waals surface area contributed by atoms with Crippen LogP contribution in [0.1, 0.15) is 35.4 Å². The molecule has 0 bridgehead atoms. The molecule has 21 heavy (non-hydrogen) atoms. The summed E-state index contributed by atoms with van der Waals surface area (Å²) in [7, 11) is -1.35. The molecule has 0 saturated heterocycles. The molecule has 3 N–H and O–H groups in total. The van der Waals surface area contributed by atoms with E-state index in [9.17, 15) is 8.42 Å². The van der Waals surface area contributed by atoms with Crippen LogP contribution >= 0.6 is 11.3 Å². The molecule has 1 heterocycles. The van der Waals surface area contributed by atoms with Crippen molar-refractivity contribution in [1.29, 1.82) is 0 Å². The van der Waals surface area contributed by atoms with E-state index in [1.54, 1.807) is 6.07 Å². The Morgan fingerprint density at radius 3 is 2.67 bits per heavy atom. The molecular weight excluding hydrogens is 306 g/mol. The maximum Gasteiger partial charge on any atom is 0.241 e. The summed E-state index contributed by atoms with van der Waals surface area (Å²) in [6, 6.07) is 2.30. The molecule has 5 nitrogen and oxygen atoms in total. The number of thiophene rings is 1. The molecule has 0 amide bonds. The molecule has 1 aromatic heterocycles. The van der Waals surface area contributed by atoms with Crippen molar-refractivity contribution in [3.8, 4) is 0 Å². The normalized spacial score (nSPS) is 17.0. The third kappa shape index (κ3) is 4.26. The fraction of sp³-hybridized carbons (Fsp3) is 0.714. The van der Waals surface area contributed by atoms with Crippen LogP contribution in [0, 0.1) is 6.92 Å². The van der Waals surface area contributed by atoms with E-state index >= 15 is 0 Å². The third-order valence-electron chi connectivity index (χ3n) is 4.12. The Kier molecular flexibility index (Phi) is 5.79. The monoisotopic (exact) mass is 331 g/mol. The minimum absolute atomic E-state index is 0.372. The van der Waals surface area contributed by atoms with Gasteiger partial charge in [0.05, 0.1) is 4.90 Å². The van der Waals surface area contributed by atoms with Crippen molar-refractivity contribution in [2.75, 3.05) is 20.1 Å². The molecule has 1 fully saturated rings. The lowest BCUT2D eigenvalue weighted by atomic mass is 10.2. The maximum absolute atomic E-state index is 12.3. The van der Waals surface area contributed by atoms with E-state index in [4.69, 9.17) is 5.73 Å². The molecule has 2 rings (SSSR count). The second-order valence-corrected chi connectivity index (χ2v) is 8.73. The Hall–Kier alpha value is -0.470. The van der Waals surface area contributed by atoms with Crippen LogP contribution in [0.2, 0.25) is 0 Å². The number of hydrogen-bond acceptors (Lipinski definition) is 5. The summed E-state index contributed by atoms with van der Waals surface area (Å²) in [5.74, 6) is 0. The van der Waals surface area contributed by atoms with Gasteiger partial charge in [0.25, 0.3) is 0 Å². The first-order chi connectivity index (χ1) is 9.94. The van der Waals surface area contributed by atoms with Gasteiger partial charge in [0.15, 0.2) is 0 Å². The molecule has 7 heteroatoms. The molecular formula is C14H25N3O2S2. The van der Waals surface area contributed by atoms with Gasteiger partial charge in [-0.3, -0.25) is 0 Å². The summed E-state index contributed by atoms with van der Waals surface area (Å²) < 4.78 is 27.3. The number of aryl methyl sites for hydroxylation is 1. The average molecular weight is 332 g/mol. The van der Waals surface area contributed by atoms with Crippen molar-refractivity contribution in [2.45, 2.75) is 50.1 Å². The van der Waals surface area contributed by atoms with Crippen molar-refractivity contribution in [2.24, 2.45) is 5.73 Å². The van der Waals surface area contributed by atoms with E-state index in [0.717, 1.165) is 16.3 Å². The molecule has 1 saturated carbocycles. The minimum atomic E-state index is -3.42. The highest BCUT2D eigenvalue weighted by Gasteiger charge is 2.22. The van der Waals surface area contributed by atoms with E-state index in [0.29, 0.717) is 24.0 Å². The van der Waals surface area contributed by atoms with Crippen molar-refractivity contribution in [3.05, 3.63) is 15.8 Å². The van der Waals surface area contributed by atoms with Crippen molar-refractivity contribution >= 4 is 21.4 Å². The Morgan fingerprint density at radius 1 is 1.43 bits per heavy atom. The SMILES string of the molecule is Cc1sc(CN)cc1S(=O)(=O)NCCN(C)C1CCCC1. The summed E-state index contributed by atoms with van der Waals surface area (Å²) in [6.07, 6.45) is 5.03. The molecule has 0 unspecified atom stereocenters. The first-order valence-electron chi connectivity index (χ1n) is 7.43. The summed E-state index contributed by atoms with van der Waals surface area (Å²) >= 11 is 1.45. The predicted octanol–water partition coefficient (Wildman–Crippen LogP) is 1.67. The molecule has 1 aliphatic carbocycles. The number of nitrogens with zero attached hydrogens (tertiary/aromatic N) is 1. The van der Waals surface area contributed by atoms with Gasteiger partial charge in [-0.25, -0.2) is 13.1 Å². The molecule has 0 aromatic carbocycles. The standard InChI is InChI=1S/C14H25N3O2S2/c1-11-14(9-13(10-15)20-11)21(18,19)16-7-8-17(2)12-5-3-4-6-12/h9,12,16H,3-8,10,15H2,1-2H3. The molecule has 1 aromatic rings. The highest BCUT2D eigenvalue weighted by Crippen LogP contribution is 2.25. The van der Waals surface area contributed by atoms with Crippen LogP contribution in [-0.4, -0.2) is 39.5 Å². The van der Waals surface area contributed by atoms with E-state index in [1.165, 1.54) is 37.0 Å². The first-order valence-corrected chi connectivity index (χ1v) is 9.73. The number of nitrogens with one attached hydrogen (secondary N) is 1. The Labute approximate surface area is 131 Å². The topological polar surface area (TPSA) is 75.4 Å². The zero-order valence-corrected chi connectivity index (χ0v) is 14.4. The first kappa shape index (κ1) is 16.9. The van der Waals surface area contributed by atoms with E-state index < -0.39 is 10.0 Å². The van der Waals surface area contributed by atoms with Crippen molar-refractivity contribution in [3.63, 3.8) is 0 Å². The lowest BCUT2D eigenvalue weighted by Crippen LogP contribution is -2.37. The smallest absolute Gasteiger partial charge is 0.241 e. The van der Waals surface area contributed by atoms with E-state index in [1.807, 2.05) is 6.92 Å². The fourth-order valence-electron chi connectivity index (χ4n) is 2.85. The summed E-state index contributed by atoms with van der Waals surface area (Å²) in [6.45, 7) is 3.40. The number of hydrogen-bond donors (Lipinski definition) is 2. The van der Waals surface area contributed by atoms with E-state index in [-0.39, 0.29) is 0 Å². The lowest BCUT2D eigenvalue weighted by Gasteiger charge is -2.23. The Morgan fingerprint density at radius 2 is 2.10 bits per heavy atom. The van der Waals surface area contributed by atoms with Crippen LogP contribution < -0.4 is 10.5 Å². The number of nitrogens with two attached hydrogens (primary N) is 1. The number of sulfonamides is 1. The van der Waals surface area contributed by atoms with Crippen LogP contribution in [0.5, 0.6) is 0 Å². The van der Waals surface area contributed by atoms with Gasteiger partial charge in [-0.1, -0.05) is 12.8 Å². The Bertz CT molecular complexity index is 563. The molecule has 1 aliphatic rings. The zero-order valence-electron chi connectivity index (χ0n) is 12.8. The van der Waals surface area contributed by atoms with Crippen LogP contribution in [0.15, 0.2) is 11.0 Å². The van der Waals surface area contributed by atoms with Crippen LogP contribution in [-0.2, 0) is 16.6 Å². The number of rotatable bonds is 7. The largest absolute Gasteiger partial charge is 0.326 e. The Balaban J connectivity index is 1.90. The zero-order chi connectivity index (χ0) is 15.5. The van der Waals surface area contributed by atoms with Crippen molar-refractivity contribution in [1.82, 2.24) is 9.62 Å². The molecule has 0 radical (unpaired) electrons. The average Bonchev–Trinajstić information content (AvgIpc) is 3.07. The van der Waals surface area contributed by atoms with Gasteiger partial charge in [0.2, 0.25) is 10.0 Å². The minimum Gasteiger partial charge on any atom is -0.326 e. The highest BCUT2D eigenvalue weighted by molar-refractivity contribution is 7.89. The highest BCUT2D eigenvalue weighted by atomic mass is 32.2. The van der Waals surface area contributed by atoms with Gasteiger partial charge in [-0.15, -0.1) is 11.3 Å². The third-order valence-corrected chi connectivity index (χ3v) is 6.91. The summed E-state index contributed by atoms with van der Waals surface area (Å²) in [5, 5.41) is 0. The van der Waals surface area contributed by atoms with Gasteiger partial charge in [-0.2, -0.15) is 0 Å². The fourth-order valence-corrected chi connectivity index (χ4v) is 5.39. The predicted molar refractivity (Wildman–Crippen MR) is 87.0 cm³/mol. The van der Waals surface area contributed by atoms with Crippen LogP contribution in [0.25, 0.3) is 0 Å². The number of likely N-dealkylation sites (N-methyl/N-ethyl adjacent to an activating group) is 1. The molecule has 0 atom stereocenters. The van der Waals surface area contributed by atoms with Gasteiger partial charge in [0.1, 0.15) is 0 Å². The lowest BCUT2D eigenvalue weighted by molar-refractivity contribution is 0.250. The van der Waals surface area contributed by atoms with Crippen molar-refractivity contribution < 1.29 is 8.42 Å². The molecule has 0 aliphatic heterocycles. The van der Waals surface area contributed by atoms with Gasteiger partial charge in [-0.05, 0) is 32.9 Å². The molecule has 120 valence electrons.